The highest BCUT2D eigenvalue weighted by Gasteiger charge is 2.15. The number of H-pyrrole nitrogens is 1. The fourth-order valence-electron chi connectivity index (χ4n) is 3.23. The lowest BCUT2D eigenvalue weighted by molar-refractivity contribution is -0.0544. The zero-order valence-corrected chi connectivity index (χ0v) is 14.2. The molecule has 0 saturated heterocycles. The molecule has 0 unspecified atom stereocenters. The summed E-state index contributed by atoms with van der Waals surface area (Å²) in [5.74, 6) is 0.511. The van der Waals surface area contributed by atoms with Crippen LogP contribution in [0.15, 0.2) is 42.9 Å². The van der Waals surface area contributed by atoms with Gasteiger partial charge in [-0.2, -0.15) is 0 Å². The number of anilines is 1. The van der Waals surface area contributed by atoms with Crippen molar-refractivity contribution in [2.24, 2.45) is 0 Å². The molecule has 0 aliphatic carbocycles. The molecule has 0 spiro atoms. The first-order valence-corrected chi connectivity index (χ1v) is 8.12. The first-order valence-electron chi connectivity index (χ1n) is 8.12. The van der Waals surface area contributed by atoms with Gasteiger partial charge in [0.05, 0.1) is 5.52 Å². The minimum Gasteiger partial charge on any atom is -0.346 e. The Balaban J connectivity index is 1.83. The number of hydrogen-bond donors (Lipinski definition) is 2. The van der Waals surface area contributed by atoms with Crippen molar-refractivity contribution in [3.8, 4) is 11.1 Å². The molecule has 0 radical (unpaired) electrons. The minimum absolute atomic E-state index is 0.202. The van der Waals surface area contributed by atoms with Crippen molar-refractivity contribution in [3.05, 3.63) is 48.4 Å². The van der Waals surface area contributed by atoms with E-state index in [4.69, 9.17) is 0 Å². The van der Waals surface area contributed by atoms with Crippen molar-refractivity contribution in [1.82, 2.24) is 19.6 Å². The maximum absolute atomic E-state index is 11.9. The largest absolute Gasteiger partial charge is 0.450 e. The summed E-state index contributed by atoms with van der Waals surface area (Å²) in [6, 6.07) is 7.54. The molecule has 4 rings (SSSR count). The number of amides is 1. The number of carbonyl (C=O) groups is 1. The summed E-state index contributed by atoms with van der Waals surface area (Å²) in [7, 11) is 0. The van der Waals surface area contributed by atoms with Crippen molar-refractivity contribution in [2.45, 2.75) is 19.8 Å². The second-order valence-corrected chi connectivity index (χ2v) is 6.28. The average molecular weight is 353 g/mol. The summed E-state index contributed by atoms with van der Waals surface area (Å²) in [5, 5.41) is 7.45. The van der Waals surface area contributed by atoms with Gasteiger partial charge in [0, 0.05) is 40.1 Å². The molecule has 0 aliphatic rings. The summed E-state index contributed by atoms with van der Waals surface area (Å²) in [4.78, 5) is 21.7. The Morgan fingerprint density at radius 2 is 2.19 bits per heavy atom. The van der Waals surface area contributed by atoms with Gasteiger partial charge in [0.1, 0.15) is 5.65 Å². The number of aromatic amines is 1. The van der Waals surface area contributed by atoms with Crippen LogP contribution in [-0.4, -0.2) is 25.7 Å². The van der Waals surface area contributed by atoms with Gasteiger partial charge in [0.15, 0.2) is 5.82 Å². The predicted octanol–water partition coefficient (Wildman–Crippen LogP) is 4.43. The maximum Gasteiger partial charge on any atom is 0.450 e. The molecule has 4 aromatic rings. The van der Waals surface area contributed by atoms with E-state index in [2.05, 4.69) is 39.2 Å². The van der Waals surface area contributed by atoms with Crippen LogP contribution >= 0.6 is 0 Å². The summed E-state index contributed by atoms with van der Waals surface area (Å²) in [5.41, 5.74) is 4.84. The molecule has 7 nitrogen and oxygen atoms in total. The van der Waals surface area contributed by atoms with E-state index in [1.165, 1.54) is 5.56 Å². The lowest BCUT2D eigenvalue weighted by Crippen LogP contribution is -2.09. The minimum atomic E-state index is -1.21. The van der Waals surface area contributed by atoms with Crippen LogP contribution in [0.2, 0.25) is 0 Å². The smallest absolute Gasteiger partial charge is 0.346 e. The van der Waals surface area contributed by atoms with Crippen molar-refractivity contribution in [1.29, 1.82) is 0 Å². The first-order chi connectivity index (χ1) is 12.6. The molecule has 0 bridgehead atoms. The Morgan fingerprint density at radius 3 is 2.96 bits per heavy atom. The van der Waals surface area contributed by atoms with E-state index in [1.807, 2.05) is 30.6 Å². The number of hydrogen-bond acceptors (Lipinski definition) is 4. The van der Waals surface area contributed by atoms with Crippen LogP contribution in [0.1, 0.15) is 25.3 Å². The average Bonchev–Trinajstić information content (AvgIpc) is 3.25. The Hall–Kier alpha value is -3.42. The quantitative estimate of drug-likeness (QED) is 0.570. The van der Waals surface area contributed by atoms with Crippen LogP contribution < -0.4 is 5.32 Å². The van der Waals surface area contributed by atoms with Gasteiger partial charge in [-0.05, 0) is 35.2 Å². The number of carbonyl (C=O) groups excluding carboxylic acids is 1. The Kier molecular flexibility index (Phi) is 3.80. The van der Waals surface area contributed by atoms with Gasteiger partial charge in [-0.1, -0.05) is 13.8 Å². The zero-order valence-electron chi connectivity index (χ0n) is 14.2. The highest BCUT2D eigenvalue weighted by atomic mass is 19.3. The van der Waals surface area contributed by atoms with Crippen molar-refractivity contribution < 1.29 is 14.3 Å². The van der Waals surface area contributed by atoms with Gasteiger partial charge >= 0.3 is 6.09 Å². The number of rotatable bonds is 3. The molecule has 8 heteroatoms. The van der Waals surface area contributed by atoms with Crippen molar-refractivity contribution >= 4 is 28.5 Å². The number of pyridine rings is 2. The van der Waals surface area contributed by atoms with Gasteiger partial charge in [-0.25, -0.2) is 19.2 Å². The molecule has 4 heterocycles. The summed E-state index contributed by atoms with van der Waals surface area (Å²) in [6.45, 7) is 4.29. The third-order valence-corrected chi connectivity index (χ3v) is 4.28. The highest BCUT2D eigenvalue weighted by Crippen LogP contribution is 2.34. The van der Waals surface area contributed by atoms with Gasteiger partial charge in [0.25, 0.3) is 0 Å². The molecule has 0 fully saturated rings. The normalized spacial score (nSPS) is 11.4. The van der Waals surface area contributed by atoms with Crippen LogP contribution in [0.4, 0.5) is 15.1 Å². The third-order valence-electron chi connectivity index (χ3n) is 4.28. The number of aromatic nitrogens is 4. The molecule has 0 aliphatic heterocycles. The summed E-state index contributed by atoms with van der Waals surface area (Å²) < 4.78 is 13.5. The fraction of sp³-hybridized carbons (Fsp3) is 0.167. The maximum atomic E-state index is 11.9. The van der Waals surface area contributed by atoms with Crippen LogP contribution in [-0.2, 0) is 4.94 Å². The summed E-state index contributed by atoms with van der Waals surface area (Å²) in [6.07, 6.45) is 4.31. The Labute approximate surface area is 147 Å². The molecule has 132 valence electrons. The molecule has 1 amide bonds. The topological polar surface area (TPSA) is 84.3 Å². The fourth-order valence-corrected chi connectivity index (χ4v) is 3.23. The monoisotopic (exact) mass is 353 g/mol. The number of halogens is 1. The molecule has 2 N–H and O–H groups in total. The van der Waals surface area contributed by atoms with Crippen LogP contribution in [0, 0.1) is 0 Å². The first kappa shape index (κ1) is 16.1. The molecule has 26 heavy (non-hydrogen) atoms. The highest BCUT2D eigenvalue weighted by molar-refractivity contribution is 5.88. The van der Waals surface area contributed by atoms with Crippen LogP contribution in [0.25, 0.3) is 27.7 Å². The van der Waals surface area contributed by atoms with Gasteiger partial charge in [-0.15, -0.1) is 5.10 Å². The number of nitrogens with one attached hydrogen (secondary N) is 2. The lowest BCUT2D eigenvalue weighted by atomic mass is 9.92. The van der Waals surface area contributed by atoms with Gasteiger partial charge in [0.2, 0.25) is 0 Å². The van der Waals surface area contributed by atoms with Crippen molar-refractivity contribution in [3.63, 3.8) is 0 Å². The summed E-state index contributed by atoms with van der Waals surface area (Å²) >= 11 is 0. The second kappa shape index (κ2) is 6.14. The second-order valence-electron chi connectivity index (χ2n) is 6.28. The number of fused-ring (bicyclic) bond motifs is 2. The van der Waals surface area contributed by atoms with E-state index in [-0.39, 0.29) is 5.82 Å². The van der Waals surface area contributed by atoms with E-state index in [9.17, 15) is 9.32 Å². The molecule has 4 aromatic heterocycles. The zero-order chi connectivity index (χ0) is 18.3. The Morgan fingerprint density at radius 1 is 1.35 bits per heavy atom. The SMILES string of the molecule is CC(C)c1c(-c2ccn3nc(NC(=O)OF)cc3c2)cnc2[nH]ccc12. The van der Waals surface area contributed by atoms with Crippen LogP contribution in [0.5, 0.6) is 0 Å². The molecular formula is C18H16FN5O2. The third kappa shape index (κ3) is 2.65. The van der Waals surface area contributed by atoms with E-state index in [0.29, 0.717) is 5.92 Å². The van der Waals surface area contributed by atoms with E-state index in [1.54, 1.807) is 16.8 Å². The predicted molar refractivity (Wildman–Crippen MR) is 95.6 cm³/mol. The van der Waals surface area contributed by atoms with E-state index >= 15 is 0 Å². The molecule has 0 atom stereocenters. The molecular weight excluding hydrogens is 337 g/mol. The van der Waals surface area contributed by atoms with E-state index in [0.717, 1.165) is 27.7 Å². The Bertz CT molecular complexity index is 1120. The van der Waals surface area contributed by atoms with Crippen molar-refractivity contribution in [2.75, 3.05) is 5.32 Å². The van der Waals surface area contributed by atoms with E-state index < -0.39 is 6.09 Å². The molecule has 0 saturated carbocycles. The molecule has 0 aromatic carbocycles. The number of nitrogens with zero attached hydrogens (tertiary/aromatic N) is 3. The standard InChI is InChI=1S/C18H16FN5O2/c1-10(2)16-13-3-5-20-17(13)21-9-14(16)11-4-6-24-12(7-11)8-15(23-24)22-18(25)26-19/h3-10H,1-2H3,(H,20,21)(H,22,23,25). The van der Waals surface area contributed by atoms with Gasteiger partial charge in [-0.3, -0.25) is 5.32 Å². The van der Waals surface area contributed by atoms with Crippen LogP contribution in [0.3, 0.4) is 0 Å². The van der Waals surface area contributed by atoms with Gasteiger partial charge < -0.3 is 4.98 Å². The lowest BCUT2D eigenvalue weighted by Gasteiger charge is -2.14.